The summed E-state index contributed by atoms with van der Waals surface area (Å²) in [6.45, 7) is 4.09. The zero-order valence-electron chi connectivity index (χ0n) is 17.5. The minimum absolute atomic E-state index is 0.254. The Labute approximate surface area is 178 Å². The fraction of sp³-hybridized carbons (Fsp3) is 0.500. The molecule has 3 rings (SSSR count). The van der Waals surface area contributed by atoms with Crippen molar-refractivity contribution in [3.63, 3.8) is 0 Å². The van der Waals surface area contributed by atoms with Crippen LogP contribution in [0.3, 0.4) is 0 Å². The van der Waals surface area contributed by atoms with Gasteiger partial charge in [0, 0.05) is 33.4 Å². The molecule has 3 heterocycles. The van der Waals surface area contributed by atoms with Gasteiger partial charge in [-0.05, 0) is 5.75 Å². The Kier molecular flexibility index (Phi) is 7.46. The van der Waals surface area contributed by atoms with E-state index in [2.05, 4.69) is 37.7 Å². The van der Waals surface area contributed by atoms with Crippen LogP contribution in [-0.2, 0) is 18.3 Å². The van der Waals surface area contributed by atoms with Crippen LogP contribution < -0.4 is 15.4 Å². The predicted octanol–water partition coefficient (Wildman–Crippen LogP) is 1.17. The average Bonchev–Trinajstić information content (AvgIpc) is 3.31. The summed E-state index contributed by atoms with van der Waals surface area (Å²) in [6, 6.07) is 0. The third kappa shape index (κ3) is 5.00. The van der Waals surface area contributed by atoms with Gasteiger partial charge in [-0.3, -0.25) is 9.48 Å². The predicted molar refractivity (Wildman–Crippen MR) is 114 cm³/mol. The maximum absolute atomic E-state index is 12.4. The highest BCUT2D eigenvalue weighted by Crippen LogP contribution is 2.24. The lowest BCUT2D eigenvalue weighted by atomic mass is 10.3. The highest BCUT2D eigenvalue weighted by Gasteiger charge is 2.17. The Bertz CT molecular complexity index is 1000. The molecule has 0 aromatic carbocycles. The molecule has 0 fully saturated rings. The molecule has 0 aliphatic carbocycles. The van der Waals surface area contributed by atoms with E-state index in [1.165, 1.54) is 11.8 Å². The van der Waals surface area contributed by atoms with E-state index in [0.717, 1.165) is 17.0 Å². The van der Waals surface area contributed by atoms with Gasteiger partial charge in [0.2, 0.25) is 5.88 Å². The van der Waals surface area contributed by atoms with E-state index >= 15 is 0 Å². The highest BCUT2D eigenvalue weighted by molar-refractivity contribution is 7.99. The van der Waals surface area contributed by atoms with Crippen molar-refractivity contribution in [3.8, 4) is 5.88 Å². The number of nitrogens with one attached hydrogen (secondary N) is 2. The first-order valence-corrected chi connectivity index (χ1v) is 10.5. The van der Waals surface area contributed by atoms with E-state index in [0.29, 0.717) is 48.5 Å². The smallest absolute Gasteiger partial charge is 0.258 e. The number of rotatable bonds is 11. The lowest BCUT2D eigenvalue weighted by Gasteiger charge is -2.09. The van der Waals surface area contributed by atoms with Crippen LogP contribution in [-0.4, -0.2) is 75.1 Å². The van der Waals surface area contributed by atoms with E-state index < -0.39 is 0 Å². The maximum Gasteiger partial charge on any atom is 0.258 e. The van der Waals surface area contributed by atoms with Gasteiger partial charge in [-0.2, -0.15) is 5.10 Å². The minimum atomic E-state index is -0.254. The lowest BCUT2D eigenvalue weighted by molar-refractivity contribution is 0.0949. The number of hydrogen-bond donors (Lipinski definition) is 2. The van der Waals surface area contributed by atoms with Gasteiger partial charge in [0.15, 0.2) is 10.8 Å². The van der Waals surface area contributed by atoms with Gasteiger partial charge >= 0.3 is 0 Å². The van der Waals surface area contributed by atoms with E-state index in [4.69, 9.17) is 9.47 Å². The highest BCUT2D eigenvalue weighted by atomic mass is 32.2. The summed E-state index contributed by atoms with van der Waals surface area (Å²) in [7, 11) is 4.88. The van der Waals surface area contributed by atoms with Crippen molar-refractivity contribution in [1.29, 1.82) is 0 Å². The number of carbonyl (C=O) groups is 1. The largest absolute Gasteiger partial charge is 0.479 e. The third-order valence-corrected chi connectivity index (χ3v) is 4.92. The first-order valence-electron chi connectivity index (χ1n) is 9.52. The number of thioether (sulfide) groups is 1. The van der Waals surface area contributed by atoms with Crippen LogP contribution in [0.1, 0.15) is 17.3 Å². The molecule has 0 bridgehead atoms. The van der Waals surface area contributed by atoms with Crippen LogP contribution in [0.25, 0.3) is 11.0 Å². The fourth-order valence-corrected chi connectivity index (χ4v) is 3.41. The number of methoxy groups -OCH3 is 2. The number of amides is 1. The Morgan fingerprint density at radius 1 is 1.27 bits per heavy atom. The van der Waals surface area contributed by atoms with Gasteiger partial charge < -0.3 is 20.1 Å². The summed E-state index contributed by atoms with van der Waals surface area (Å²) >= 11 is 1.56. The minimum Gasteiger partial charge on any atom is -0.479 e. The van der Waals surface area contributed by atoms with Crippen LogP contribution in [0.15, 0.2) is 17.6 Å². The van der Waals surface area contributed by atoms with Crippen LogP contribution in [0.4, 0.5) is 5.82 Å². The molecule has 0 atom stereocenters. The van der Waals surface area contributed by atoms with Crippen LogP contribution in [0.2, 0.25) is 0 Å². The molecule has 0 saturated carbocycles. The molecular formula is C18H26N8O3S. The average molecular weight is 435 g/mol. The Hall–Kier alpha value is -2.86. The summed E-state index contributed by atoms with van der Waals surface area (Å²) in [5.41, 5.74) is 1.10. The molecule has 162 valence electrons. The first kappa shape index (κ1) is 21.8. The molecule has 0 unspecified atom stereocenters. The number of fused-ring (bicyclic) bond motifs is 1. The molecular weight excluding hydrogens is 408 g/mol. The van der Waals surface area contributed by atoms with Gasteiger partial charge in [-0.25, -0.2) is 14.6 Å². The second kappa shape index (κ2) is 10.3. The molecule has 0 aliphatic rings. The number of anilines is 1. The van der Waals surface area contributed by atoms with Gasteiger partial charge in [-0.15, -0.1) is 5.10 Å². The molecule has 11 nitrogen and oxygen atoms in total. The SMILES string of the molecule is CCSc1nc(NCCOC)c2cnn(CCNC(=O)c3cn(C)nc3OC)c2n1. The number of nitrogens with zero attached hydrogens (tertiary/aromatic N) is 6. The zero-order chi connectivity index (χ0) is 21.5. The molecule has 0 spiro atoms. The quantitative estimate of drug-likeness (QED) is 0.260. The number of carbonyl (C=O) groups excluding carboxylic acids is 1. The second-order valence-corrected chi connectivity index (χ2v) is 7.53. The number of hydrogen-bond acceptors (Lipinski definition) is 9. The molecule has 3 aromatic rings. The maximum atomic E-state index is 12.4. The summed E-state index contributed by atoms with van der Waals surface area (Å²) in [6.07, 6.45) is 3.35. The van der Waals surface area contributed by atoms with Gasteiger partial charge in [0.25, 0.3) is 5.91 Å². The Balaban J connectivity index is 1.73. The van der Waals surface area contributed by atoms with Crippen molar-refractivity contribution in [2.45, 2.75) is 18.6 Å². The number of aryl methyl sites for hydroxylation is 1. The molecule has 0 radical (unpaired) electrons. The van der Waals surface area contributed by atoms with Crippen LogP contribution >= 0.6 is 11.8 Å². The van der Waals surface area contributed by atoms with Crippen molar-refractivity contribution < 1.29 is 14.3 Å². The fourth-order valence-electron chi connectivity index (χ4n) is 2.84. The van der Waals surface area contributed by atoms with Crippen molar-refractivity contribution >= 4 is 34.5 Å². The number of ether oxygens (including phenoxy) is 2. The summed E-state index contributed by atoms with van der Waals surface area (Å²) in [4.78, 5) is 21.7. The molecule has 30 heavy (non-hydrogen) atoms. The standard InChI is InChI=1S/C18H26N8O3S/c1-5-30-18-22-14(19-7-9-28-3)12-10-21-26(15(12)23-18)8-6-20-16(27)13-11-25(2)24-17(13)29-4/h10-11H,5-9H2,1-4H3,(H,20,27)(H,19,22,23). The van der Waals surface area contributed by atoms with Gasteiger partial charge in [-0.1, -0.05) is 18.7 Å². The van der Waals surface area contributed by atoms with Crippen LogP contribution in [0.5, 0.6) is 5.88 Å². The summed E-state index contributed by atoms with van der Waals surface area (Å²) < 4.78 is 13.5. The van der Waals surface area contributed by atoms with E-state index in [1.54, 1.807) is 43.0 Å². The Morgan fingerprint density at radius 2 is 2.10 bits per heavy atom. The second-order valence-electron chi connectivity index (χ2n) is 6.29. The number of aromatic nitrogens is 6. The van der Waals surface area contributed by atoms with Crippen molar-refractivity contribution in [2.24, 2.45) is 7.05 Å². The molecule has 0 aliphatic heterocycles. The van der Waals surface area contributed by atoms with Gasteiger partial charge in [0.05, 0.1) is 31.8 Å². The lowest BCUT2D eigenvalue weighted by Crippen LogP contribution is -2.27. The van der Waals surface area contributed by atoms with E-state index in [9.17, 15) is 4.79 Å². The molecule has 1 amide bonds. The van der Waals surface area contributed by atoms with E-state index in [-0.39, 0.29) is 5.91 Å². The van der Waals surface area contributed by atoms with Crippen LogP contribution in [0, 0.1) is 0 Å². The third-order valence-electron chi connectivity index (χ3n) is 4.19. The molecule has 2 N–H and O–H groups in total. The normalized spacial score (nSPS) is 11.1. The van der Waals surface area contributed by atoms with Crippen molar-refractivity contribution in [1.82, 2.24) is 34.8 Å². The summed E-state index contributed by atoms with van der Waals surface area (Å²) in [5.74, 6) is 1.62. The summed E-state index contributed by atoms with van der Waals surface area (Å²) in [5, 5.41) is 16.2. The molecule has 12 heteroatoms. The van der Waals surface area contributed by atoms with Crippen molar-refractivity contribution in [3.05, 3.63) is 18.0 Å². The zero-order valence-corrected chi connectivity index (χ0v) is 18.3. The Morgan fingerprint density at radius 3 is 2.83 bits per heavy atom. The molecule has 0 saturated heterocycles. The van der Waals surface area contributed by atoms with Crippen molar-refractivity contribution in [2.75, 3.05) is 45.0 Å². The van der Waals surface area contributed by atoms with E-state index in [1.807, 2.05) is 0 Å². The van der Waals surface area contributed by atoms with Gasteiger partial charge in [0.1, 0.15) is 11.4 Å². The first-order chi connectivity index (χ1) is 14.6. The monoisotopic (exact) mass is 434 g/mol. The topological polar surface area (TPSA) is 121 Å². The molecule has 3 aromatic heterocycles.